The zero-order chi connectivity index (χ0) is 22.0. The molecule has 0 unspecified atom stereocenters. The first-order valence-corrected chi connectivity index (χ1v) is 9.97. The molecule has 1 amide bonds. The van der Waals surface area contributed by atoms with Gasteiger partial charge >= 0.3 is 0 Å². The van der Waals surface area contributed by atoms with Crippen LogP contribution in [-0.4, -0.2) is 47.8 Å². The van der Waals surface area contributed by atoms with Crippen molar-refractivity contribution < 1.29 is 14.3 Å². The number of hydrogen-bond acceptors (Lipinski definition) is 6. The van der Waals surface area contributed by atoms with Gasteiger partial charge in [-0.3, -0.25) is 4.79 Å². The van der Waals surface area contributed by atoms with Crippen molar-refractivity contribution in [1.82, 2.24) is 15.0 Å². The standard InChI is InChI=1S/C22H24N6O3/c1-13(20(23)29)31-16-11-17-19-18(12-16)30-10-4-9-28(19)22(26-17)15-7-5-14(6-8-15)21(24-2)27-25-3/h5-8,11-13,25H,2,4,9-10H2,1,3H3,(H2,23,29)/b27-21-/t13-/m0/s1. The number of carbonyl (C=O) groups is 1. The van der Waals surface area contributed by atoms with Gasteiger partial charge in [-0.1, -0.05) is 24.3 Å². The molecule has 1 aliphatic heterocycles. The summed E-state index contributed by atoms with van der Waals surface area (Å²) in [6, 6.07) is 11.4. The number of hydrogen-bond donors (Lipinski definition) is 2. The Kier molecular flexibility index (Phi) is 5.57. The highest BCUT2D eigenvalue weighted by molar-refractivity contribution is 6.01. The number of aromatic nitrogens is 2. The van der Waals surface area contributed by atoms with Crippen molar-refractivity contribution >= 4 is 29.5 Å². The first-order valence-electron chi connectivity index (χ1n) is 9.97. The molecule has 0 saturated carbocycles. The molecule has 9 nitrogen and oxygen atoms in total. The lowest BCUT2D eigenvalue weighted by Crippen LogP contribution is -2.30. The Morgan fingerprint density at radius 3 is 2.81 bits per heavy atom. The van der Waals surface area contributed by atoms with E-state index in [1.165, 1.54) is 0 Å². The van der Waals surface area contributed by atoms with Gasteiger partial charge in [-0.2, -0.15) is 5.10 Å². The van der Waals surface area contributed by atoms with Crippen LogP contribution in [0.3, 0.4) is 0 Å². The number of nitrogens with two attached hydrogens (primary N) is 1. The number of amidine groups is 1. The number of hydrazone groups is 1. The van der Waals surface area contributed by atoms with Crippen molar-refractivity contribution in [3.63, 3.8) is 0 Å². The van der Waals surface area contributed by atoms with E-state index in [-0.39, 0.29) is 0 Å². The summed E-state index contributed by atoms with van der Waals surface area (Å²) in [4.78, 5) is 20.2. The SMILES string of the molecule is C=N/C(=N\NC)c1ccc(-c2nc3cc(O[C@@H](C)C(N)=O)cc4c3n2CCCO4)cc1. The molecule has 1 atom stereocenters. The quantitative estimate of drug-likeness (QED) is 0.361. The molecule has 0 saturated heterocycles. The molecule has 3 N–H and O–H groups in total. The minimum absolute atomic E-state index is 0.493. The maximum Gasteiger partial charge on any atom is 0.258 e. The number of amides is 1. The van der Waals surface area contributed by atoms with E-state index in [0.717, 1.165) is 41.0 Å². The van der Waals surface area contributed by atoms with Gasteiger partial charge in [0, 0.05) is 36.9 Å². The fourth-order valence-electron chi connectivity index (χ4n) is 3.55. The third-order valence-electron chi connectivity index (χ3n) is 5.05. The largest absolute Gasteiger partial charge is 0.491 e. The highest BCUT2D eigenvalue weighted by atomic mass is 16.5. The van der Waals surface area contributed by atoms with Crippen LogP contribution >= 0.6 is 0 Å². The second kappa shape index (κ2) is 8.47. The Hall–Kier alpha value is -3.88. The van der Waals surface area contributed by atoms with Crippen molar-refractivity contribution in [3.8, 4) is 22.9 Å². The zero-order valence-corrected chi connectivity index (χ0v) is 17.5. The van der Waals surface area contributed by atoms with Crippen LogP contribution in [-0.2, 0) is 11.3 Å². The summed E-state index contributed by atoms with van der Waals surface area (Å²) in [5, 5.41) is 4.12. The summed E-state index contributed by atoms with van der Waals surface area (Å²) in [5.74, 6) is 1.98. The number of nitrogens with zero attached hydrogens (tertiary/aromatic N) is 4. The average molecular weight is 420 g/mol. The number of ether oxygens (including phenoxy) is 2. The number of primary amides is 1. The van der Waals surface area contributed by atoms with Crippen LogP contribution in [0.15, 0.2) is 46.5 Å². The first kappa shape index (κ1) is 20.4. The molecule has 3 aromatic rings. The Bertz CT molecular complexity index is 1170. The summed E-state index contributed by atoms with van der Waals surface area (Å²) >= 11 is 0. The third-order valence-corrected chi connectivity index (χ3v) is 5.05. The van der Waals surface area contributed by atoms with E-state index in [4.69, 9.17) is 20.2 Å². The number of aryl methyl sites for hydroxylation is 1. The van der Waals surface area contributed by atoms with E-state index in [1.807, 2.05) is 24.3 Å². The number of carbonyl (C=O) groups excluding carboxylic acids is 1. The van der Waals surface area contributed by atoms with Gasteiger partial charge in [-0.25, -0.2) is 9.98 Å². The second-order valence-electron chi connectivity index (χ2n) is 7.14. The van der Waals surface area contributed by atoms with Crippen molar-refractivity contribution in [3.05, 3.63) is 42.0 Å². The fourth-order valence-corrected chi connectivity index (χ4v) is 3.55. The number of rotatable bonds is 6. The maximum absolute atomic E-state index is 11.4. The van der Waals surface area contributed by atoms with Crippen LogP contribution in [0, 0.1) is 0 Å². The highest BCUT2D eigenvalue weighted by Crippen LogP contribution is 2.37. The number of imidazole rings is 1. The molecule has 31 heavy (non-hydrogen) atoms. The molecule has 0 bridgehead atoms. The Labute approximate surface area is 179 Å². The predicted octanol–water partition coefficient (Wildman–Crippen LogP) is 2.32. The molecule has 0 aliphatic carbocycles. The number of nitrogens with one attached hydrogen (secondary N) is 1. The average Bonchev–Trinajstić information content (AvgIpc) is 2.99. The van der Waals surface area contributed by atoms with E-state index in [2.05, 4.69) is 26.8 Å². The lowest BCUT2D eigenvalue weighted by molar-refractivity contribution is -0.123. The van der Waals surface area contributed by atoms with Crippen molar-refractivity contribution in [2.75, 3.05) is 13.7 Å². The van der Waals surface area contributed by atoms with Gasteiger partial charge in [0.05, 0.1) is 12.1 Å². The van der Waals surface area contributed by atoms with E-state index >= 15 is 0 Å². The van der Waals surface area contributed by atoms with Gasteiger partial charge in [-0.15, -0.1) is 0 Å². The number of benzene rings is 2. The van der Waals surface area contributed by atoms with Gasteiger partial charge in [-0.05, 0) is 20.1 Å². The molecule has 0 fully saturated rings. The molecule has 1 aromatic heterocycles. The van der Waals surface area contributed by atoms with E-state index in [9.17, 15) is 4.79 Å². The van der Waals surface area contributed by atoms with Crippen molar-refractivity contribution in [1.29, 1.82) is 0 Å². The van der Waals surface area contributed by atoms with Crippen LogP contribution in [0.4, 0.5) is 0 Å². The molecule has 4 rings (SSSR count). The summed E-state index contributed by atoms with van der Waals surface area (Å²) in [7, 11) is 1.71. The summed E-state index contributed by atoms with van der Waals surface area (Å²) < 4.78 is 13.8. The molecule has 2 heterocycles. The minimum Gasteiger partial charge on any atom is -0.491 e. The van der Waals surface area contributed by atoms with E-state index in [1.54, 1.807) is 26.1 Å². The molecule has 2 aromatic carbocycles. The van der Waals surface area contributed by atoms with E-state index in [0.29, 0.717) is 23.9 Å². The Morgan fingerprint density at radius 1 is 1.35 bits per heavy atom. The predicted molar refractivity (Wildman–Crippen MR) is 120 cm³/mol. The summed E-state index contributed by atoms with van der Waals surface area (Å²) in [6.07, 6.45) is 0.0924. The molecule has 9 heteroatoms. The molecule has 0 radical (unpaired) electrons. The topological polar surface area (TPSA) is 116 Å². The Balaban J connectivity index is 1.78. The molecular weight excluding hydrogens is 396 g/mol. The third kappa shape index (κ3) is 3.94. The van der Waals surface area contributed by atoms with Crippen LogP contribution in [0.1, 0.15) is 18.9 Å². The first-order chi connectivity index (χ1) is 15.0. The zero-order valence-electron chi connectivity index (χ0n) is 17.5. The molecule has 160 valence electrons. The van der Waals surface area contributed by atoms with Crippen LogP contribution in [0.2, 0.25) is 0 Å². The number of aliphatic imine (C=N–C) groups is 1. The lowest BCUT2D eigenvalue weighted by atomic mass is 10.1. The highest BCUT2D eigenvalue weighted by Gasteiger charge is 2.21. The maximum atomic E-state index is 11.4. The summed E-state index contributed by atoms with van der Waals surface area (Å²) in [5.41, 5.74) is 11.5. The Morgan fingerprint density at radius 2 is 2.13 bits per heavy atom. The summed E-state index contributed by atoms with van der Waals surface area (Å²) in [6.45, 7) is 6.54. The monoisotopic (exact) mass is 420 g/mol. The van der Waals surface area contributed by atoms with Crippen molar-refractivity contribution in [2.24, 2.45) is 15.8 Å². The molecule has 1 aliphatic rings. The van der Waals surface area contributed by atoms with Gasteiger partial charge in [0.25, 0.3) is 5.91 Å². The smallest absolute Gasteiger partial charge is 0.258 e. The van der Waals surface area contributed by atoms with Gasteiger partial charge in [0.1, 0.15) is 22.8 Å². The minimum atomic E-state index is -0.753. The van der Waals surface area contributed by atoms with Gasteiger partial charge in [0.15, 0.2) is 11.9 Å². The fraction of sp³-hybridized carbons (Fsp3) is 0.273. The molecule has 0 spiro atoms. The van der Waals surface area contributed by atoms with Crippen LogP contribution in [0.5, 0.6) is 11.5 Å². The lowest BCUT2D eigenvalue weighted by Gasteiger charge is -2.13. The van der Waals surface area contributed by atoms with E-state index < -0.39 is 12.0 Å². The van der Waals surface area contributed by atoms with Crippen LogP contribution < -0.4 is 20.6 Å². The normalized spacial score (nSPS) is 14.5. The van der Waals surface area contributed by atoms with Gasteiger partial charge in [0.2, 0.25) is 0 Å². The van der Waals surface area contributed by atoms with Crippen molar-refractivity contribution in [2.45, 2.75) is 26.0 Å². The second-order valence-corrected chi connectivity index (χ2v) is 7.14. The van der Waals surface area contributed by atoms with Crippen LogP contribution in [0.25, 0.3) is 22.4 Å². The molecular formula is C22H24N6O3. The van der Waals surface area contributed by atoms with Gasteiger partial charge < -0.3 is 25.2 Å².